The Hall–Kier alpha value is -0.120. The lowest BCUT2D eigenvalue weighted by Crippen LogP contribution is -2.32. The highest BCUT2D eigenvalue weighted by Gasteiger charge is 2.12. The van der Waals surface area contributed by atoms with Crippen LogP contribution in [0, 0.1) is 5.92 Å². The molecule has 1 unspecified atom stereocenters. The number of piperidine rings is 1. The molecule has 1 atom stereocenters. The second kappa shape index (κ2) is 7.21. The van der Waals surface area contributed by atoms with E-state index >= 15 is 0 Å². The normalized spacial score (nSPS) is 22.9. The zero-order chi connectivity index (χ0) is 10.2. The summed E-state index contributed by atoms with van der Waals surface area (Å²) in [6.07, 6.45) is 2.91. The predicted molar refractivity (Wildman–Crippen MR) is 57.5 cm³/mol. The first kappa shape index (κ1) is 12.0. The molecular weight excluding hydrogens is 178 g/mol. The van der Waals surface area contributed by atoms with Crippen LogP contribution in [0.2, 0.25) is 0 Å². The summed E-state index contributed by atoms with van der Waals surface area (Å²) in [5, 5.41) is 3.38. The van der Waals surface area contributed by atoms with E-state index in [2.05, 4.69) is 5.32 Å². The van der Waals surface area contributed by atoms with Gasteiger partial charge >= 0.3 is 0 Å². The van der Waals surface area contributed by atoms with E-state index in [1.54, 1.807) is 0 Å². The highest BCUT2D eigenvalue weighted by Crippen LogP contribution is 2.09. The maximum Gasteiger partial charge on any atom is 0.0703 e. The molecule has 0 spiro atoms. The average molecular weight is 201 g/mol. The lowest BCUT2D eigenvalue weighted by Gasteiger charge is -2.22. The molecular formula is C11H23NO2. The molecule has 0 aromatic rings. The Balaban J connectivity index is 1.87. The Bertz CT molecular complexity index is 133. The fourth-order valence-corrected chi connectivity index (χ4v) is 1.66. The first-order valence-electron chi connectivity index (χ1n) is 5.69. The standard InChI is InChI=1S/C11H23NO2/c1-10(2)14-7-6-13-9-11-4-3-5-12-8-11/h10-12H,3-9H2,1-2H3. The topological polar surface area (TPSA) is 30.5 Å². The summed E-state index contributed by atoms with van der Waals surface area (Å²) in [4.78, 5) is 0. The summed E-state index contributed by atoms with van der Waals surface area (Å²) in [6, 6.07) is 0. The van der Waals surface area contributed by atoms with Gasteiger partial charge in [-0.25, -0.2) is 0 Å². The fraction of sp³-hybridized carbons (Fsp3) is 1.00. The zero-order valence-electron chi connectivity index (χ0n) is 9.42. The molecule has 1 rings (SSSR count). The number of hydrogen-bond donors (Lipinski definition) is 1. The second-order valence-electron chi connectivity index (χ2n) is 4.21. The Morgan fingerprint density at radius 3 is 2.86 bits per heavy atom. The maximum absolute atomic E-state index is 5.56. The van der Waals surface area contributed by atoms with Crippen LogP contribution in [0.1, 0.15) is 26.7 Å². The quantitative estimate of drug-likeness (QED) is 0.659. The average Bonchev–Trinajstić information content (AvgIpc) is 2.18. The molecule has 1 saturated heterocycles. The van der Waals surface area contributed by atoms with E-state index in [1.165, 1.54) is 19.4 Å². The SMILES string of the molecule is CC(C)OCCOCC1CCCNC1. The van der Waals surface area contributed by atoms with Crippen molar-refractivity contribution in [2.75, 3.05) is 32.9 Å². The van der Waals surface area contributed by atoms with E-state index in [-0.39, 0.29) is 0 Å². The number of hydrogen-bond acceptors (Lipinski definition) is 3. The molecule has 1 aliphatic heterocycles. The van der Waals surface area contributed by atoms with Gasteiger partial charge in [0.2, 0.25) is 0 Å². The number of nitrogens with one attached hydrogen (secondary N) is 1. The van der Waals surface area contributed by atoms with Crippen molar-refractivity contribution in [1.29, 1.82) is 0 Å². The molecule has 3 heteroatoms. The van der Waals surface area contributed by atoms with Crippen LogP contribution in [-0.2, 0) is 9.47 Å². The summed E-state index contributed by atoms with van der Waals surface area (Å²) < 4.78 is 10.9. The third-order valence-corrected chi connectivity index (χ3v) is 2.43. The van der Waals surface area contributed by atoms with Gasteiger partial charge in [0.25, 0.3) is 0 Å². The lowest BCUT2D eigenvalue weighted by atomic mass is 10.0. The smallest absolute Gasteiger partial charge is 0.0703 e. The highest BCUT2D eigenvalue weighted by molar-refractivity contribution is 4.67. The molecule has 0 aliphatic carbocycles. The number of rotatable bonds is 6. The van der Waals surface area contributed by atoms with Crippen LogP contribution in [0.5, 0.6) is 0 Å². The molecule has 1 fully saturated rings. The summed E-state index contributed by atoms with van der Waals surface area (Å²) in [6.45, 7) is 8.72. The first-order chi connectivity index (χ1) is 6.79. The lowest BCUT2D eigenvalue weighted by molar-refractivity contribution is 0.00756. The van der Waals surface area contributed by atoms with E-state index in [9.17, 15) is 0 Å². The third-order valence-electron chi connectivity index (χ3n) is 2.43. The van der Waals surface area contributed by atoms with Crippen molar-refractivity contribution in [3.63, 3.8) is 0 Å². The molecule has 84 valence electrons. The minimum atomic E-state index is 0.315. The molecule has 14 heavy (non-hydrogen) atoms. The van der Waals surface area contributed by atoms with Gasteiger partial charge in [0.05, 0.1) is 25.9 Å². The molecule has 1 N–H and O–H groups in total. The van der Waals surface area contributed by atoms with Crippen LogP contribution < -0.4 is 5.32 Å². The van der Waals surface area contributed by atoms with Gasteiger partial charge in [-0.2, -0.15) is 0 Å². The zero-order valence-corrected chi connectivity index (χ0v) is 9.42. The van der Waals surface area contributed by atoms with Crippen molar-refractivity contribution in [3.05, 3.63) is 0 Å². The Kier molecular flexibility index (Phi) is 6.15. The van der Waals surface area contributed by atoms with Crippen LogP contribution in [0.15, 0.2) is 0 Å². The van der Waals surface area contributed by atoms with Crippen molar-refractivity contribution < 1.29 is 9.47 Å². The Labute approximate surface area is 87.2 Å². The van der Waals surface area contributed by atoms with Crippen LogP contribution in [-0.4, -0.2) is 39.0 Å². The van der Waals surface area contributed by atoms with Gasteiger partial charge in [0, 0.05) is 6.54 Å². The number of ether oxygens (including phenoxy) is 2. The molecule has 0 amide bonds. The summed E-state index contributed by atoms with van der Waals surface area (Å²) >= 11 is 0. The molecule has 0 radical (unpaired) electrons. The van der Waals surface area contributed by atoms with Gasteiger partial charge in [-0.3, -0.25) is 0 Å². The van der Waals surface area contributed by atoms with Crippen LogP contribution in [0.3, 0.4) is 0 Å². The van der Waals surface area contributed by atoms with Gasteiger partial charge < -0.3 is 14.8 Å². The highest BCUT2D eigenvalue weighted by atomic mass is 16.5. The molecule has 0 saturated carbocycles. The van der Waals surface area contributed by atoms with Crippen LogP contribution >= 0.6 is 0 Å². The van der Waals surface area contributed by atoms with E-state index in [4.69, 9.17) is 9.47 Å². The van der Waals surface area contributed by atoms with Gasteiger partial charge in [-0.05, 0) is 39.2 Å². The molecule has 0 aromatic carbocycles. The van der Waals surface area contributed by atoms with Gasteiger partial charge in [0.1, 0.15) is 0 Å². The minimum Gasteiger partial charge on any atom is -0.379 e. The third kappa shape index (κ3) is 5.58. The van der Waals surface area contributed by atoms with E-state index < -0.39 is 0 Å². The second-order valence-corrected chi connectivity index (χ2v) is 4.21. The van der Waals surface area contributed by atoms with Crippen molar-refractivity contribution in [2.45, 2.75) is 32.8 Å². The molecule has 0 aromatic heterocycles. The van der Waals surface area contributed by atoms with Crippen molar-refractivity contribution in [1.82, 2.24) is 5.32 Å². The summed E-state index contributed by atoms with van der Waals surface area (Å²) in [5.41, 5.74) is 0. The van der Waals surface area contributed by atoms with Crippen molar-refractivity contribution in [2.24, 2.45) is 5.92 Å². The molecule has 3 nitrogen and oxygen atoms in total. The predicted octanol–water partition coefficient (Wildman–Crippen LogP) is 1.43. The monoisotopic (exact) mass is 201 g/mol. The van der Waals surface area contributed by atoms with E-state index in [0.717, 1.165) is 26.4 Å². The Morgan fingerprint density at radius 2 is 2.21 bits per heavy atom. The first-order valence-corrected chi connectivity index (χ1v) is 5.69. The summed E-state index contributed by atoms with van der Waals surface area (Å²) in [7, 11) is 0. The minimum absolute atomic E-state index is 0.315. The van der Waals surface area contributed by atoms with Crippen molar-refractivity contribution in [3.8, 4) is 0 Å². The Morgan fingerprint density at radius 1 is 1.36 bits per heavy atom. The van der Waals surface area contributed by atoms with Crippen molar-refractivity contribution >= 4 is 0 Å². The van der Waals surface area contributed by atoms with Crippen LogP contribution in [0.4, 0.5) is 0 Å². The van der Waals surface area contributed by atoms with Gasteiger partial charge in [0.15, 0.2) is 0 Å². The van der Waals surface area contributed by atoms with Gasteiger partial charge in [-0.15, -0.1) is 0 Å². The van der Waals surface area contributed by atoms with E-state index in [0.29, 0.717) is 12.0 Å². The molecule has 1 aliphatic rings. The fourth-order valence-electron chi connectivity index (χ4n) is 1.66. The van der Waals surface area contributed by atoms with Crippen LogP contribution in [0.25, 0.3) is 0 Å². The van der Waals surface area contributed by atoms with E-state index in [1.807, 2.05) is 13.8 Å². The largest absolute Gasteiger partial charge is 0.379 e. The molecule has 1 heterocycles. The molecule has 0 bridgehead atoms. The van der Waals surface area contributed by atoms with Gasteiger partial charge in [-0.1, -0.05) is 0 Å². The maximum atomic E-state index is 5.56. The summed E-state index contributed by atoms with van der Waals surface area (Å²) in [5.74, 6) is 0.711.